The topological polar surface area (TPSA) is 38.5 Å². The van der Waals surface area contributed by atoms with Gasteiger partial charge in [0, 0.05) is 29.2 Å². The van der Waals surface area contributed by atoms with Gasteiger partial charge in [-0.3, -0.25) is 4.90 Å². The normalized spacial score (nSPS) is 25.5. The van der Waals surface area contributed by atoms with E-state index < -0.39 is 0 Å². The number of nitrogens with two attached hydrogens (primary N) is 1. The van der Waals surface area contributed by atoms with Crippen LogP contribution in [0.4, 0.5) is 0 Å². The van der Waals surface area contributed by atoms with Crippen LogP contribution in [0.5, 0.6) is 5.75 Å². The monoisotopic (exact) mass is 326 g/mol. The minimum Gasteiger partial charge on any atom is -0.496 e. The first-order valence-electron chi connectivity index (χ1n) is 6.86. The molecule has 3 unspecified atom stereocenters. The maximum Gasteiger partial charge on any atom is 0.123 e. The molecule has 0 aromatic heterocycles. The fourth-order valence-corrected chi connectivity index (χ4v) is 3.55. The first-order valence-corrected chi connectivity index (χ1v) is 7.65. The van der Waals surface area contributed by atoms with Crippen LogP contribution in [0, 0.1) is 5.92 Å². The second-order valence-electron chi connectivity index (χ2n) is 5.52. The summed E-state index contributed by atoms with van der Waals surface area (Å²) in [6, 6.07) is 6.95. The van der Waals surface area contributed by atoms with E-state index in [9.17, 15) is 0 Å². The average molecular weight is 327 g/mol. The number of halogens is 1. The molecule has 2 N–H and O–H groups in total. The molecular weight excluding hydrogens is 304 g/mol. The highest BCUT2D eigenvalue weighted by Crippen LogP contribution is 2.36. The maximum atomic E-state index is 6.05. The van der Waals surface area contributed by atoms with Gasteiger partial charge in [-0.2, -0.15) is 0 Å². The van der Waals surface area contributed by atoms with E-state index in [0.29, 0.717) is 12.6 Å². The van der Waals surface area contributed by atoms with Crippen molar-refractivity contribution in [1.82, 2.24) is 4.90 Å². The minimum atomic E-state index is 0.229. The molecule has 1 aliphatic rings. The van der Waals surface area contributed by atoms with Gasteiger partial charge in [-0.25, -0.2) is 0 Å². The van der Waals surface area contributed by atoms with E-state index in [2.05, 4.69) is 40.7 Å². The third-order valence-electron chi connectivity index (χ3n) is 4.01. The summed E-state index contributed by atoms with van der Waals surface area (Å²) < 4.78 is 6.57. The van der Waals surface area contributed by atoms with E-state index in [1.165, 1.54) is 12.0 Å². The van der Waals surface area contributed by atoms with Crippen molar-refractivity contribution in [2.24, 2.45) is 11.7 Å². The first-order chi connectivity index (χ1) is 9.06. The van der Waals surface area contributed by atoms with Crippen LogP contribution in [0.15, 0.2) is 22.7 Å². The van der Waals surface area contributed by atoms with Crippen LogP contribution in [0.2, 0.25) is 0 Å². The number of rotatable bonds is 4. The van der Waals surface area contributed by atoms with Crippen LogP contribution in [0.1, 0.15) is 31.9 Å². The molecule has 1 heterocycles. The van der Waals surface area contributed by atoms with E-state index in [-0.39, 0.29) is 6.04 Å². The molecule has 4 heteroatoms. The zero-order valence-electron chi connectivity index (χ0n) is 11.9. The molecule has 19 heavy (non-hydrogen) atoms. The molecule has 0 bridgehead atoms. The van der Waals surface area contributed by atoms with Crippen molar-refractivity contribution in [3.63, 3.8) is 0 Å². The molecule has 1 saturated heterocycles. The van der Waals surface area contributed by atoms with Crippen LogP contribution in [-0.2, 0) is 0 Å². The lowest BCUT2D eigenvalue weighted by Crippen LogP contribution is -2.36. The Bertz CT molecular complexity index is 438. The molecule has 106 valence electrons. The summed E-state index contributed by atoms with van der Waals surface area (Å²) in [6.07, 6.45) is 1.24. The zero-order valence-corrected chi connectivity index (χ0v) is 13.5. The Morgan fingerprint density at radius 1 is 1.47 bits per heavy atom. The molecule has 3 atom stereocenters. The van der Waals surface area contributed by atoms with Crippen molar-refractivity contribution in [1.29, 1.82) is 0 Å². The van der Waals surface area contributed by atoms with Gasteiger partial charge in [-0.1, -0.05) is 22.9 Å². The van der Waals surface area contributed by atoms with Gasteiger partial charge < -0.3 is 10.5 Å². The lowest BCUT2D eigenvalue weighted by atomic mass is 10.0. The summed E-state index contributed by atoms with van der Waals surface area (Å²) >= 11 is 3.54. The number of ether oxygens (including phenoxy) is 1. The van der Waals surface area contributed by atoms with Gasteiger partial charge >= 0.3 is 0 Å². The number of likely N-dealkylation sites (tertiary alicyclic amines) is 1. The number of hydrogen-bond donors (Lipinski definition) is 1. The van der Waals surface area contributed by atoms with Gasteiger partial charge in [0.15, 0.2) is 0 Å². The van der Waals surface area contributed by atoms with Crippen LogP contribution >= 0.6 is 15.9 Å². The predicted octanol–water partition coefficient (Wildman–Crippen LogP) is 3.19. The van der Waals surface area contributed by atoms with E-state index in [4.69, 9.17) is 10.5 Å². The Morgan fingerprint density at radius 2 is 2.21 bits per heavy atom. The number of benzene rings is 1. The van der Waals surface area contributed by atoms with E-state index >= 15 is 0 Å². The second kappa shape index (κ2) is 6.25. The predicted molar refractivity (Wildman–Crippen MR) is 82.4 cm³/mol. The van der Waals surface area contributed by atoms with E-state index in [0.717, 1.165) is 22.7 Å². The first kappa shape index (κ1) is 14.8. The molecule has 0 radical (unpaired) electrons. The molecule has 0 amide bonds. The van der Waals surface area contributed by atoms with Gasteiger partial charge in [0.1, 0.15) is 5.75 Å². The van der Waals surface area contributed by atoms with E-state index in [1.807, 2.05) is 12.1 Å². The highest BCUT2D eigenvalue weighted by atomic mass is 79.9. The molecule has 0 aliphatic carbocycles. The molecular formula is C15H23BrN2O. The number of methoxy groups -OCH3 is 1. The van der Waals surface area contributed by atoms with Crippen molar-refractivity contribution in [3.8, 4) is 5.75 Å². The summed E-state index contributed by atoms with van der Waals surface area (Å²) in [6.45, 7) is 6.32. The third-order valence-corrected chi connectivity index (χ3v) is 4.50. The third kappa shape index (κ3) is 3.12. The summed E-state index contributed by atoms with van der Waals surface area (Å²) in [5.41, 5.74) is 7.23. The van der Waals surface area contributed by atoms with Gasteiger partial charge in [0.2, 0.25) is 0 Å². The molecule has 3 nitrogen and oxygen atoms in total. The molecule has 1 fully saturated rings. The van der Waals surface area contributed by atoms with Gasteiger partial charge in [0.05, 0.1) is 13.2 Å². The Balaban J connectivity index is 2.34. The highest BCUT2D eigenvalue weighted by molar-refractivity contribution is 9.10. The van der Waals surface area contributed by atoms with Crippen LogP contribution in [0.25, 0.3) is 0 Å². The average Bonchev–Trinajstić information content (AvgIpc) is 2.70. The Kier molecular flexibility index (Phi) is 4.87. The lowest BCUT2D eigenvalue weighted by molar-refractivity contribution is 0.188. The van der Waals surface area contributed by atoms with Crippen LogP contribution in [-0.4, -0.2) is 31.1 Å². The standard InChI is InChI=1S/C15H23BrN2O/c1-10-6-11(2)18(9-10)14(8-17)13-7-12(16)4-5-15(13)19-3/h4-5,7,10-11,14H,6,8-9,17H2,1-3H3. The summed E-state index contributed by atoms with van der Waals surface area (Å²) in [5, 5.41) is 0. The smallest absolute Gasteiger partial charge is 0.123 e. The largest absolute Gasteiger partial charge is 0.496 e. The van der Waals surface area contributed by atoms with Crippen molar-refractivity contribution < 1.29 is 4.74 Å². The van der Waals surface area contributed by atoms with Gasteiger partial charge in [-0.15, -0.1) is 0 Å². The second-order valence-corrected chi connectivity index (χ2v) is 6.44. The van der Waals surface area contributed by atoms with E-state index in [1.54, 1.807) is 7.11 Å². The molecule has 0 saturated carbocycles. The molecule has 1 aromatic carbocycles. The Hall–Kier alpha value is -0.580. The lowest BCUT2D eigenvalue weighted by Gasteiger charge is -2.32. The SMILES string of the molecule is COc1ccc(Br)cc1C(CN)N1CC(C)CC1C. The van der Waals surface area contributed by atoms with Gasteiger partial charge in [-0.05, 0) is 37.5 Å². The highest BCUT2D eigenvalue weighted by Gasteiger charge is 2.33. The fraction of sp³-hybridized carbons (Fsp3) is 0.600. The molecule has 2 rings (SSSR count). The Labute approximate surface area is 124 Å². The Morgan fingerprint density at radius 3 is 2.74 bits per heavy atom. The number of hydrogen-bond acceptors (Lipinski definition) is 3. The number of nitrogens with zero attached hydrogens (tertiary/aromatic N) is 1. The van der Waals surface area contributed by atoms with Crippen LogP contribution < -0.4 is 10.5 Å². The van der Waals surface area contributed by atoms with Crippen molar-refractivity contribution >= 4 is 15.9 Å². The van der Waals surface area contributed by atoms with Crippen LogP contribution in [0.3, 0.4) is 0 Å². The maximum absolute atomic E-state index is 6.05. The van der Waals surface area contributed by atoms with Crippen molar-refractivity contribution in [3.05, 3.63) is 28.2 Å². The van der Waals surface area contributed by atoms with Crippen molar-refractivity contribution in [2.75, 3.05) is 20.2 Å². The van der Waals surface area contributed by atoms with Crippen molar-refractivity contribution in [2.45, 2.75) is 32.4 Å². The summed E-state index contributed by atoms with van der Waals surface area (Å²) in [5.74, 6) is 1.66. The minimum absolute atomic E-state index is 0.229. The molecule has 1 aromatic rings. The molecule has 1 aliphatic heterocycles. The summed E-state index contributed by atoms with van der Waals surface area (Å²) in [7, 11) is 1.72. The zero-order chi connectivity index (χ0) is 14.0. The molecule has 0 spiro atoms. The van der Waals surface area contributed by atoms with Gasteiger partial charge in [0.25, 0.3) is 0 Å². The summed E-state index contributed by atoms with van der Waals surface area (Å²) in [4.78, 5) is 2.51. The fourth-order valence-electron chi connectivity index (χ4n) is 3.17. The quantitative estimate of drug-likeness (QED) is 0.923.